The van der Waals surface area contributed by atoms with Gasteiger partial charge in [0.25, 0.3) is 0 Å². The SMILES string of the molecule is CC(C)c1ccccc1OCCNC(=O)N1CCC(C(=O)O)C(C)C1. The highest BCUT2D eigenvalue weighted by Crippen LogP contribution is 2.26. The summed E-state index contributed by atoms with van der Waals surface area (Å²) >= 11 is 0. The lowest BCUT2D eigenvalue weighted by Gasteiger charge is -2.34. The summed E-state index contributed by atoms with van der Waals surface area (Å²) in [5, 5.41) is 12.0. The molecule has 1 aliphatic rings. The molecular weight excluding hydrogens is 320 g/mol. The zero-order chi connectivity index (χ0) is 18.4. The normalized spacial score (nSPS) is 20.4. The Hall–Kier alpha value is -2.24. The van der Waals surface area contributed by atoms with E-state index in [1.54, 1.807) is 4.90 Å². The Bertz CT molecular complexity index is 603. The van der Waals surface area contributed by atoms with Crippen molar-refractivity contribution in [1.29, 1.82) is 0 Å². The van der Waals surface area contributed by atoms with Gasteiger partial charge < -0.3 is 20.1 Å². The maximum atomic E-state index is 12.2. The monoisotopic (exact) mass is 348 g/mol. The molecule has 0 spiro atoms. The minimum Gasteiger partial charge on any atom is -0.491 e. The number of ether oxygens (including phenoxy) is 1. The van der Waals surface area contributed by atoms with E-state index in [-0.39, 0.29) is 17.9 Å². The Balaban J connectivity index is 1.75. The van der Waals surface area contributed by atoms with E-state index < -0.39 is 5.97 Å². The van der Waals surface area contributed by atoms with Crippen LogP contribution in [0, 0.1) is 11.8 Å². The standard InChI is InChI=1S/C19H28N2O4/c1-13(2)15-6-4-5-7-17(15)25-11-9-20-19(24)21-10-8-16(18(22)23)14(3)12-21/h4-7,13-14,16H,8-12H2,1-3H3,(H,20,24)(H,22,23). The molecule has 1 aliphatic heterocycles. The van der Waals surface area contributed by atoms with Gasteiger partial charge in [-0.15, -0.1) is 0 Å². The zero-order valence-electron chi connectivity index (χ0n) is 15.2. The summed E-state index contributed by atoms with van der Waals surface area (Å²) in [6.07, 6.45) is 0.502. The van der Waals surface area contributed by atoms with Crippen molar-refractivity contribution in [2.75, 3.05) is 26.2 Å². The minimum atomic E-state index is -0.773. The average molecular weight is 348 g/mol. The van der Waals surface area contributed by atoms with E-state index in [4.69, 9.17) is 9.84 Å². The highest BCUT2D eigenvalue weighted by atomic mass is 16.5. The number of hydrogen-bond donors (Lipinski definition) is 2. The number of piperidine rings is 1. The van der Waals surface area contributed by atoms with Crippen molar-refractivity contribution in [1.82, 2.24) is 10.2 Å². The molecule has 6 heteroatoms. The first-order chi connectivity index (χ1) is 11.9. The van der Waals surface area contributed by atoms with Crippen LogP contribution in [0.5, 0.6) is 5.75 Å². The second kappa shape index (κ2) is 8.74. The first-order valence-electron chi connectivity index (χ1n) is 8.87. The van der Waals surface area contributed by atoms with E-state index in [9.17, 15) is 9.59 Å². The maximum absolute atomic E-state index is 12.2. The van der Waals surface area contributed by atoms with Crippen molar-refractivity contribution >= 4 is 12.0 Å². The van der Waals surface area contributed by atoms with Crippen molar-refractivity contribution < 1.29 is 19.4 Å². The summed E-state index contributed by atoms with van der Waals surface area (Å²) in [5.41, 5.74) is 1.15. The van der Waals surface area contributed by atoms with Crippen LogP contribution in [0.2, 0.25) is 0 Å². The van der Waals surface area contributed by atoms with Gasteiger partial charge in [-0.05, 0) is 29.9 Å². The molecule has 2 unspecified atom stereocenters. The molecule has 0 aromatic heterocycles. The fourth-order valence-corrected chi connectivity index (χ4v) is 3.22. The Morgan fingerprint density at radius 3 is 2.72 bits per heavy atom. The van der Waals surface area contributed by atoms with E-state index in [0.717, 1.165) is 11.3 Å². The third-order valence-corrected chi connectivity index (χ3v) is 4.69. The fourth-order valence-electron chi connectivity index (χ4n) is 3.22. The molecule has 2 rings (SSSR count). The molecule has 138 valence electrons. The predicted molar refractivity (Wildman–Crippen MR) is 95.9 cm³/mol. The van der Waals surface area contributed by atoms with Crippen molar-refractivity contribution in [2.24, 2.45) is 11.8 Å². The number of rotatable bonds is 6. The molecule has 1 heterocycles. The van der Waals surface area contributed by atoms with Gasteiger partial charge in [0.15, 0.2) is 0 Å². The van der Waals surface area contributed by atoms with Crippen molar-refractivity contribution in [3.8, 4) is 5.75 Å². The molecule has 1 aromatic rings. The molecule has 2 N–H and O–H groups in total. The van der Waals surface area contributed by atoms with Crippen LogP contribution in [0.4, 0.5) is 4.79 Å². The van der Waals surface area contributed by atoms with Gasteiger partial charge >= 0.3 is 12.0 Å². The van der Waals surface area contributed by atoms with Crippen LogP contribution in [0.3, 0.4) is 0 Å². The summed E-state index contributed by atoms with van der Waals surface area (Å²) in [4.78, 5) is 25.0. The number of carbonyl (C=O) groups excluding carboxylic acids is 1. The average Bonchev–Trinajstić information content (AvgIpc) is 2.58. The quantitative estimate of drug-likeness (QED) is 0.775. The predicted octanol–water partition coefficient (Wildman–Crippen LogP) is 2.94. The second-order valence-electron chi connectivity index (χ2n) is 6.93. The number of benzene rings is 1. The van der Waals surface area contributed by atoms with E-state index in [1.165, 1.54) is 0 Å². The summed E-state index contributed by atoms with van der Waals surface area (Å²) in [6, 6.07) is 7.76. The fraction of sp³-hybridized carbons (Fsp3) is 0.579. The van der Waals surface area contributed by atoms with Crippen LogP contribution in [0.25, 0.3) is 0 Å². The molecule has 2 amide bonds. The van der Waals surface area contributed by atoms with Crippen LogP contribution in [-0.4, -0.2) is 48.2 Å². The Kier molecular flexibility index (Phi) is 6.67. The minimum absolute atomic E-state index is 0.0360. The highest BCUT2D eigenvalue weighted by Gasteiger charge is 2.32. The van der Waals surface area contributed by atoms with Crippen LogP contribution >= 0.6 is 0 Å². The Morgan fingerprint density at radius 2 is 2.08 bits per heavy atom. The van der Waals surface area contributed by atoms with E-state index >= 15 is 0 Å². The number of amides is 2. The number of carbonyl (C=O) groups is 2. The first kappa shape index (κ1) is 19.1. The molecule has 0 aliphatic carbocycles. The molecule has 25 heavy (non-hydrogen) atoms. The number of nitrogens with zero attached hydrogens (tertiary/aromatic N) is 1. The van der Waals surface area contributed by atoms with E-state index in [0.29, 0.717) is 38.6 Å². The maximum Gasteiger partial charge on any atom is 0.317 e. The number of para-hydroxylation sites is 1. The Labute approximate surface area is 149 Å². The van der Waals surface area contributed by atoms with Crippen LogP contribution < -0.4 is 10.1 Å². The number of carboxylic acid groups (broad SMARTS) is 1. The topological polar surface area (TPSA) is 78.9 Å². The number of urea groups is 1. The number of hydrogen-bond acceptors (Lipinski definition) is 3. The van der Waals surface area contributed by atoms with Gasteiger partial charge in [-0.3, -0.25) is 4.79 Å². The number of aliphatic carboxylic acids is 1. The van der Waals surface area contributed by atoms with Gasteiger partial charge in [0, 0.05) is 13.1 Å². The molecule has 1 saturated heterocycles. The molecule has 0 radical (unpaired) electrons. The smallest absolute Gasteiger partial charge is 0.317 e. The molecule has 0 bridgehead atoms. The van der Waals surface area contributed by atoms with Crippen LogP contribution in [-0.2, 0) is 4.79 Å². The first-order valence-corrected chi connectivity index (χ1v) is 8.87. The lowest BCUT2D eigenvalue weighted by atomic mass is 9.87. The third-order valence-electron chi connectivity index (χ3n) is 4.69. The summed E-state index contributed by atoms with van der Waals surface area (Å²) in [6.45, 7) is 7.88. The molecule has 2 atom stereocenters. The van der Waals surface area contributed by atoms with E-state index in [1.807, 2.05) is 31.2 Å². The van der Waals surface area contributed by atoms with Crippen LogP contribution in [0.15, 0.2) is 24.3 Å². The zero-order valence-corrected chi connectivity index (χ0v) is 15.2. The molecule has 0 saturated carbocycles. The Morgan fingerprint density at radius 1 is 1.36 bits per heavy atom. The lowest BCUT2D eigenvalue weighted by molar-refractivity contribution is -0.145. The number of nitrogens with one attached hydrogen (secondary N) is 1. The van der Waals surface area contributed by atoms with Gasteiger partial charge in [0.2, 0.25) is 0 Å². The van der Waals surface area contributed by atoms with Gasteiger partial charge in [-0.1, -0.05) is 39.0 Å². The number of likely N-dealkylation sites (tertiary alicyclic amines) is 1. The van der Waals surface area contributed by atoms with Gasteiger partial charge in [0.05, 0.1) is 12.5 Å². The van der Waals surface area contributed by atoms with Crippen molar-refractivity contribution in [3.05, 3.63) is 29.8 Å². The van der Waals surface area contributed by atoms with Crippen LogP contribution in [0.1, 0.15) is 38.7 Å². The van der Waals surface area contributed by atoms with Gasteiger partial charge in [0.1, 0.15) is 12.4 Å². The summed E-state index contributed by atoms with van der Waals surface area (Å²) in [7, 11) is 0. The number of carboxylic acids is 1. The van der Waals surface area contributed by atoms with Gasteiger partial charge in [-0.2, -0.15) is 0 Å². The van der Waals surface area contributed by atoms with E-state index in [2.05, 4.69) is 19.2 Å². The third kappa shape index (κ3) is 5.11. The second-order valence-corrected chi connectivity index (χ2v) is 6.93. The molecule has 1 fully saturated rings. The molecule has 6 nitrogen and oxygen atoms in total. The highest BCUT2D eigenvalue weighted by molar-refractivity contribution is 5.75. The summed E-state index contributed by atoms with van der Waals surface area (Å²) in [5.74, 6) is 0.0568. The summed E-state index contributed by atoms with van der Waals surface area (Å²) < 4.78 is 5.79. The largest absolute Gasteiger partial charge is 0.491 e. The molecule has 1 aromatic carbocycles. The lowest BCUT2D eigenvalue weighted by Crippen LogP contribution is -2.49. The van der Waals surface area contributed by atoms with Crippen molar-refractivity contribution in [2.45, 2.75) is 33.1 Å². The van der Waals surface area contributed by atoms with Gasteiger partial charge in [-0.25, -0.2) is 4.79 Å². The molecular formula is C19H28N2O4. The van der Waals surface area contributed by atoms with Crippen molar-refractivity contribution in [3.63, 3.8) is 0 Å².